The summed E-state index contributed by atoms with van der Waals surface area (Å²) in [6.07, 6.45) is 6.05. The van der Waals surface area contributed by atoms with E-state index in [4.69, 9.17) is 0 Å². The summed E-state index contributed by atoms with van der Waals surface area (Å²) in [6.45, 7) is 7.43. The quantitative estimate of drug-likeness (QED) is 0.498. The van der Waals surface area contributed by atoms with Crippen LogP contribution in [0.25, 0.3) is 0 Å². The predicted octanol–water partition coefficient (Wildman–Crippen LogP) is 2.84. The van der Waals surface area contributed by atoms with Crippen molar-refractivity contribution in [3.63, 3.8) is 0 Å². The van der Waals surface area contributed by atoms with E-state index in [9.17, 15) is 0 Å². The Labute approximate surface area is 59.4 Å². The van der Waals surface area contributed by atoms with Crippen LogP contribution in [0, 0.1) is 0 Å². The van der Waals surface area contributed by atoms with Gasteiger partial charge in [-0.2, -0.15) is 0 Å². The first kappa shape index (κ1) is 7.54. The summed E-state index contributed by atoms with van der Waals surface area (Å²) in [5.41, 5.74) is 1.12. The van der Waals surface area contributed by atoms with Crippen molar-refractivity contribution in [1.29, 1.82) is 0 Å². The molecule has 0 nitrogen and oxygen atoms in total. The third kappa shape index (κ3) is 1.93. The largest absolute Gasteiger partial charge is 0.0689 e. The molecule has 0 atom stereocenters. The number of hydrogen-bond donors (Lipinski definition) is 0. The molecular weight excluding hydrogens is 127 g/mol. The van der Waals surface area contributed by atoms with Gasteiger partial charge in [0.05, 0.1) is 5.66 Å². The van der Waals surface area contributed by atoms with Crippen LogP contribution in [0.15, 0.2) is 0 Å². The zero-order valence-electron chi connectivity index (χ0n) is 6.85. The molecule has 0 saturated heterocycles. The Balaban J connectivity index is 2.42. The Morgan fingerprint density at radius 3 is 1.67 bits per heavy atom. The molecule has 0 radical (unpaired) electrons. The van der Waals surface area contributed by atoms with Crippen LogP contribution in [0.1, 0.15) is 25.7 Å². The zero-order chi connectivity index (χ0) is 6.91. The van der Waals surface area contributed by atoms with Crippen LogP contribution in [0.5, 0.6) is 0 Å². The average molecular weight is 145 g/mol. The summed E-state index contributed by atoms with van der Waals surface area (Å²) >= 11 is 0. The summed E-state index contributed by atoms with van der Waals surface area (Å²) in [5.74, 6) is 0. The van der Waals surface area contributed by atoms with Gasteiger partial charge in [-0.3, -0.25) is 0 Å². The molecule has 0 aromatic rings. The smallest absolute Gasteiger partial charge is 0.0494 e. The SMILES string of the molecule is C[P+](C)(C)C1CCCC1. The van der Waals surface area contributed by atoms with Crippen molar-refractivity contribution in [1.82, 2.24) is 0 Å². The van der Waals surface area contributed by atoms with Crippen LogP contribution in [0.4, 0.5) is 0 Å². The summed E-state index contributed by atoms with van der Waals surface area (Å²) < 4.78 is 0. The Hall–Kier alpha value is 0.430. The maximum Gasteiger partial charge on any atom is 0.0689 e. The van der Waals surface area contributed by atoms with Gasteiger partial charge >= 0.3 is 0 Å². The van der Waals surface area contributed by atoms with Gasteiger partial charge in [0.15, 0.2) is 0 Å². The van der Waals surface area contributed by atoms with Crippen molar-refractivity contribution in [2.45, 2.75) is 31.3 Å². The molecule has 0 amide bonds. The molecule has 1 fully saturated rings. The molecule has 1 saturated carbocycles. The molecule has 54 valence electrons. The van der Waals surface area contributed by atoms with Crippen LogP contribution < -0.4 is 0 Å². The second kappa shape index (κ2) is 2.58. The van der Waals surface area contributed by atoms with Crippen LogP contribution in [0.3, 0.4) is 0 Å². The molecular formula is C8H18P+. The van der Waals surface area contributed by atoms with Crippen LogP contribution in [-0.4, -0.2) is 25.7 Å². The molecule has 0 heterocycles. The summed E-state index contributed by atoms with van der Waals surface area (Å²) in [5, 5.41) is 0. The highest BCUT2D eigenvalue weighted by atomic mass is 31.2. The van der Waals surface area contributed by atoms with Crippen LogP contribution >= 0.6 is 7.26 Å². The minimum atomic E-state index is -0.463. The van der Waals surface area contributed by atoms with Crippen molar-refractivity contribution in [3.8, 4) is 0 Å². The van der Waals surface area contributed by atoms with E-state index in [1.165, 1.54) is 25.7 Å². The molecule has 0 unspecified atom stereocenters. The van der Waals surface area contributed by atoms with Crippen molar-refractivity contribution < 1.29 is 0 Å². The van der Waals surface area contributed by atoms with E-state index < -0.39 is 7.26 Å². The normalized spacial score (nSPS) is 23.0. The molecule has 0 N–H and O–H groups in total. The van der Waals surface area contributed by atoms with E-state index in [2.05, 4.69) is 20.0 Å². The molecule has 0 bridgehead atoms. The lowest BCUT2D eigenvalue weighted by Crippen LogP contribution is -2.05. The van der Waals surface area contributed by atoms with Crippen LogP contribution in [-0.2, 0) is 0 Å². The second-order valence-corrected chi connectivity index (χ2v) is 9.02. The first-order chi connectivity index (χ1) is 4.11. The molecule has 0 aliphatic heterocycles. The minimum absolute atomic E-state index is 0.463. The topological polar surface area (TPSA) is 0 Å². The lowest BCUT2D eigenvalue weighted by atomic mass is 10.4. The maximum atomic E-state index is 2.48. The van der Waals surface area contributed by atoms with E-state index >= 15 is 0 Å². The summed E-state index contributed by atoms with van der Waals surface area (Å²) in [4.78, 5) is 0. The lowest BCUT2D eigenvalue weighted by Gasteiger charge is -2.18. The minimum Gasteiger partial charge on any atom is -0.0494 e. The third-order valence-electron chi connectivity index (χ3n) is 2.42. The van der Waals surface area contributed by atoms with Crippen LogP contribution in [0.2, 0.25) is 0 Å². The predicted molar refractivity (Wildman–Crippen MR) is 46.9 cm³/mol. The Kier molecular flexibility index (Phi) is 2.16. The van der Waals surface area contributed by atoms with Crippen molar-refractivity contribution in [3.05, 3.63) is 0 Å². The van der Waals surface area contributed by atoms with Gasteiger partial charge in [-0.15, -0.1) is 0 Å². The van der Waals surface area contributed by atoms with Gasteiger partial charge in [-0.05, 0) is 25.7 Å². The van der Waals surface area contributed by atoms with E-state index in [0.717, 1.165) is 5.66 Å². The highest BCUT2D eigenvalue weighted by Crippen LogP contribution is 2.57. The first-order valence-electron chi connectivity index (χ1n) is 3.92. The van der Waals surface area contributed by atoms with Crippen molar-refractivity contribution in [2.75, 3.05) is 20.0 Å². The fourth-order valence-corrected chi connectivity index (χ4v) is 3.59. The summed E-state index contributed by atoms with van der Waals surface area (Å²) in [7, 11) is -0.463. The van der Waals surface area contributed by atoms with Crippen molar-refractivity contribution in [2.24, 2.45) is 0 Å². The van der Waals surface area contributed by atoms with Gasteiger partial charge in [-0.25, -0.2) is 0 Å². The zero-order valence-corrected chi connectivity index (χ0v) is 7.75. The maximum absolute atomic E-state index is 2.48. The molecule has 0 aromatic carbocycles. The highest BCUT2D eigenvalue weighted by Gasteiger charge is 2.33. The molecule has 0 aromatic heterocycles. The van der Waals surface area contributed by atoms with E-state index in [1.807, 2.05) is 0 Å². The standard InChI is InChI=1S/C8H18P/c1-9(2,3)8-6-4-5-7-8/h8H,4-7H2,1-3H3/q+1. The molecule has 1 aliphatic rings. The molecule has 1 rings (SSSR count). The molecule has 9 heavy (non-hydrogen) atoms. The van der Waals surface area contributed by atoms with Crippen molar-refractivity contribution >= 4 is 7.26 Å². The molecule has 1 heteroatoms. The van der Waals surface area contributed by atoms with Gasteiger partial charge in [0.1, 0.15) is 0 Å². The van der Waals surface area contributed by atoms with Gasteiger partial charge in [0.2, 0.25) is 0 Å². The number of rotatable bonds is 1. The Morgan fingerprint density at radius 1 is 1.00 bits per heavy atom. The van der Waals surface area contributed by atoms with Gasteiger partial charge < -0.3 is 0 Å². The highest BCUT2D eigenvalue weighted by molar-refractivity contribution is 7.74. The second-order valence-electron chi connectivity index (χ2n) is 4.05. The van der Waals surface area contributed by atoms with Gasteiger partial charge in [0, 0.05) is 27.3 Å². The first-order valence-corrected chi connectivity index (χ1v) is 7.12. The van der Waals surface area contributed by atoms with E-state index in [0.29, 0.717) is 0 Å². The number of hydrogen-bond acceptors (Lipinski definition) is 0. The van der Waals surface area contributed by atoms with E-state index in [1.54, 1.807) is 0 Å². The third-order valence-corrected chi connectivity index (χ3v) is 5.13. The van der Waals surface area contributed by atoms with Gasteiger partial charge in [0.25, 0.3) is 0 Å². The van der Waals surface area contributed by atoms with Gasteiger partial charge in [-0.1, -0.05) is 0 Å². The molecule has 1 aliphatic carbocycles. The monoisotopic (exact) mass is 145 g/mol. The van der Waals surface area contributed by atoms with E-state index in [-0.39, 0.29) is 0 Å². The Morgan fingerprint density at radius 2 is 1.44 bits per heavy atom. The average Bonchev–Trinajstić information content (AvgIpc) is 2.08. The lowest BCUT2D eigenvalue weighted by molar-refractivity contribution is 0.886. The molecule has 0 spiro atoms. The Bertz CT molecular complexity index is 85.2. The fourth-order valence-electron chi connectivity index (χ4n) is 1.68. The fraction of sp³-hybridized carbons (Fsp3) is 1.00. The summed E-state index contributed by atoms with van der Waals surface area (Å²) in [6, 6.07) is 0.